The van der Waals surface area contributed by atoms with Crippen LogP contribution in [-0.2, 0) is 0 Å². The number of alkyl halides is 1. The third-order valence-electron chi connectivity index (χ3n) is 1.52. The molecule has 0 fully saturated rings. The van der Waals surface area contributed by atoms with Crippen LogP contribution in [0.1, 0.15) is 10.4 Å². The highest BCUT2D eigenvalue weighted by Crippen LogP contribution is 2.25. The van der Waals surface area contributed by atoms with E-state index in [1.807, 2.05) is 0 Å². The monoisotopic (exact) mass is 330 g/mol. The minimum absolute atomic E-state index is 0.151. The summed E-state index contributed by atoms with van der Waals surface area (Å²) in [6, 6.07) is 0.541. The average molecular weight is 332 g/mol. The summed E-state index contributed by atoms with van der Waals surface area (Å²) >= 11 is 5.33. The molecule has 1 aromatic rings. The smallest absolute Gasteiger partial charge is 0.176 e. The third kappa shape index (κ3) is 2.00. The number of halogens is 5. The molecule has 14 heavy (non-hydrogen) atoms. The fourth-order valence-electron chi connectivity index (χ4n) is 0.848. The van der Waals surface area contributed by atoms with Gasteiger partial charge in [0.1, 0.15) is 0 Å². The summed E-state index contributed by atoms with van der Waals surface area (Å²) in [5, 5.41) is -0.151. The Bertz CT molecular complexity index is 393. The molecule has 0 amide bonds. The van der Waals surface area contributed by atoms with Crippen molar-refractivity contribution in [3.05, 3.63) is 33.6 Å². The van der Waals surface area contributed by atoms with Crippen molar-refractivity contribution in [2.75, 3.05) is 5.33 Å². The molecule has 0 spiro atoms. The van der Waals surface area contributed by atoms with Crippen LogP contribution in [0, 0.1) is 17.5 Å². The van der Waals surface area contributed by atoms with Crippen LogP contribution in [0.4, 0.5) is 13.2 Å². The lowest BCUT2D eigenvalue weighted by Gasteiger charge is -2.03. The van der Waals surface area contributed by atoms with Crippen LogP contribution in [0.2, 0.25) is 0 Å². The number of hydrogen-bond donors (Lipinski definition) is 0. The topological polar surface area (TPSA) is 17.1 Å². The first-order valence-electron chi connectivity index (χ1n) is 3.41. The second-order valence-electron chi connectivity index (χ2n) is 2.40. The summed E-state index contributed by atoms with van der Waals surface area (Å²) in [6.45, 7) is 0. The fourth-order valence-corrected chi connectivity index (χ4v) is 1.55. The molecule has 0 aliphatic rings. The molecule has 0 N–H and O–H groups in total. The number of carbonyl (C=O) groups excluding carboxylic acids is 1. The second-order valence-corrected chi connectivity index (χ2v) is 3.76. The van der Waals surface area contributed by atoms with Gasteiger partial charge in [-0.15, -0.1) is 0 Å². The Hall–Kier alpha value is -0.360. The van der Waals surface area contributed by atoms with Crippen LogP contribution < -0.4 is 0 Å². The standard InChI is InChI=1S/C8H3Br2F3O/c9-2-5(14)3-1-4(11)8(13)6(10)7(3)12/h1H,2H2. The molecular formula is C8H3Br2F3O. The first-order valence-corrected chi connectivity index (χ1v) is 5.32. The molecule has 6 heteroatoms. The van der Waals surface area contributed by atoms with Crippen molar-refractivity contribution in [2.45, 2.75) is 0 Å². The Labute approximate surface area is 94.6 Å². The van der Waals surface area contributed by atoms with Crippen LogP contribution in [0.3, 0.4) is 0 Å². The Kier molecular flexibility index (Phi) is 3.71. The van der Waals surface area contributed by atoms with Gasteiger partial charge < -0.3 is 0 Å². The molecule has 0 atom stereocenters. The van der Waals surface area contributed by atoms with E-state index in [4.69, 9.17) is 0 Å². The van der Waals surface area contributed by atoms with E-state index in [0.717, 1.165) is 0 Å². The first kappa shape index (κ1) is 11.7. The molecule has 0 saturated heterocycles. The van der Waals surface area contributed by atoms with Crippen molar-refractivity contribution in [3.8, 4) is 0 Å². The molecule has 0 aliphatic heterocycles. The molecule has 0 unspecified atom stereocenters. The van der Waals surface area contributed by atoms with E-state index in [2.05, 4.69) is 31.9 Å². The van der Waals surface area contributed by atoms with Gasteiger partial charge in [0.25, 0.3) is 0 Å². The summed E-state index contributed by atoms with van der Waals surface area (Å²) in [6.07, 6.45) is 0. The zero-order valence-corrected chi connectivity index (χ0v) is 9.75. The highest BCUT2D eigenvalue weighted by Gasteiger charge is 2.20. The predicted molar refractivity (Wildman–Crippen MR) is 52.1 cm³/mol. The SMILES string of the molecule is O=C(CBr)c1cc(F)c(F)c(Br)c1F. The highest BCUT2D eigenvalue weighted by atomic mass is 79.9. The van der Waals surface area contributed by atoms with Crippen molar-refractivity contribution in [1.29, 1.82) is 0 Å². The zero-order valence-electron chi connectivity index (χ0n) is 6.58. The van der Waals surface area contributed by atoms with Gasteiger partial charge in [0.15, 0.2) is 23.2 Å². The lowest BCUT2D eigenvalue weighted by atomic mass is 10.1. The van der Waals surface area contributed by atoms with Crippen molar-refractivity contribution in [1.82, 2.24) is 0 Å². The molecule has 0 aromatic heterocycles. The molecular weight excluding hydrogens is 329 g/mol. The van der Waals surface area contributed by atoms with Gasteiger partial charge >= 0.3 is 0 Å². The maximum Gasteiger partial charge on any atom is 0.176 e. The van der Waals surface area contributed by atoms with Crippen molar-refractivity contribution in [2.24, 2.45) is 0 Å². The Morgan fingerprint density at radius 3 is 2.36 bits per heavy atom. The van der Waals surface area contributed by atoms with Gasteiger partial charge in [-0.05, 0) is 22.0 Å². The van der Waals surface area contributed by atoms with Gasteiger partial charge in [-0.1, -0.05) is 15.9 Å². The number of ketones is 1. The Morgan fingerprint density at radius 1 is 1.29 bits per heavy atom. The van der Waals surface area contributed by atoms with E-state index < -0.39 is 33.3 Å². The van der Waals surface area contributed by atoms with Gasteiger partial charge in [-0.2, -0.15) is 0 Å². The van der Waals surface area contributed by atoms with E-state index in [1.54, 1.807) is 0 Å². The summed E-state index contributed by atoms with van der Waals surface area (Å²) in [5.41, 5.74) is -0.479. The second kappa shape index (κ2) is 4.44. The number of rotatable bonds is 2. The fraction of sp³-hybridized carbons (Fsp3) is 0.125. The molecule has 0 heterocycles. The minimum Gasteiger partial charge on any atom is -0.293 e. The van der Waals surface area contributed by atoms with Gasteiger partial charge in [0.2, 0.25) is 0 Å². The van der Waals surface area contributed by atoms with Gasteiger partial charge in [0, 0.05) is 0 Å². The molecule has 1 aromatic carbocycles. The van der Waals surface area contributed by atoms with E-state index in [9.17, 15) is 18.0 Å². The van der Waals surface area contributed by atoms with Crippen LogP contribution in [0.5, 0.6) is 0 Å². The molecule has 76 valence electrons. The van der Waals surface area contributed by atoms with Crippen molar-refractivity contribution < 1.29 is 18.0 Å². The maximum atomic E-state index is 13.2. The minimum atomic E-state index is -1.34. The van der Waals surface area contributed by atoms with E-state index >= 15 is 0 Å². The van der Waals surface area contributed by atoms with Crippen molar-refractivity contribution >= 4 is 37.6 Å². The maximum absolute atomic E-state index is 13.2. The highest BCUT2D eigenvalue weighted by molar-refractivity contribution is 9.10. The molecule has 0 bridgehead atoms. The lowest BCUT2D eigenvalue weighted by Crippen LogP contribution is -2.06. The summed E-state index contributed by atoms with van der Waals surface area (Å²) in [5.74, 6) is -4.34. The summed E-state index contributed by atoms with van der Waals surface area (Å²) in [4.78, 5) is 11.1. The van der Waals surface area contributed by atoms with Crippen LogP contribution in [0.15, 0.2) is 10.5 Å². The van der Waals surface area contributed by atoms with E-state index in [-0.39, 0.29) is 5.33 Å². The van der Waals surface area contributed by atoms with Crippen LogP contribution in [-0.4, -0.2) is 11.1 Å². The number of Topliss-reactive ketones (excluding diaryl/α,β-unsaturated/α-hetero) is 1. The Balaban J connectivity index is 3.40. The molecule has 0 saturated carbocycles. The third-order valence-corrected chi connectivity index (χ3v) is 2.73. The summed E-state index contributed by atoms with van der Waals surface area (Å²) < 4.78 is 38.1. The van der Waals surface area contributed by atoms with Gasteiger partial charge in [0.05, 0.1) is 15.4 Å². The van der Waals surface area contributed by atoms with Crippen molar-refractivity contribution in [3.63, 3.8) is 0 Å². The number of hydrogen-bond acceptors (Lipinski definition) is 1. The normalized spacial score (nSPS) is 10.4. The van der Waals surface area contributed by atoms with E-state index in [0.29, 0.717) is 6.07 Å². The summed E-state index contributed by atoms with van der Waals surface area (Å²) in [7, 11) is 0. The average Bonchev–Trinajstić information content (AvgIpc) is 2.19. The first-order chi connectivity index (χ1) is 6.49. The quantitative estimate of drug-likeness (QED) is 0.351. The number of carbonyl (C=O) groups is 1. The molecule has 0 aliphatic carbocycles. The molecule has 1 nitrogen and oxygen atoms in total. The molecule has 1 rings (SSSR count). The largest absolute Gasteiger partial charge is 0.293 e. The van der Waals surface area contributed by atoms with Crippen LogP contribution in [0.25, 0.3) is 0 Å². The number of benzene rings is 1. The van der Waals surface area contributed by atoms with Gasteiger partial charge in [-0.3, -0.25) is 4.79 Å². The van der Waals surface area contributed by atoms with Crippen LogP contribution >= 0.6 is 31.9 Å². The molecule has 0 radical (unpaired) electrons. The lowest BCUT2D eigenvalue weighted by molar-refractivity contribution is 0.101. The van der Waals surface area contributed by atoms with E-state index in [1.165, 1.54) is 0 Å². The zero-order chi connectivity index (χ0) is 10.9. The predicted octanol–water partition coefficient (Wildman–Crippen LogP) is 3.44. The Morgan fingerprint density at radius 2 is 1.86 bits per heavy atom. The van der Waals surface area contributed by atoms with Gasteiger partial charge in [-0.25, -0.2) is 13.2 Å².